The Balaban J connectivity index is 2.39. The molecule has 0 amide bonds. The zero-order chi connectivity index (χ0) is 14.0. The van der Waals surface area contributed by atoms with Crippen LogP contribution in [-0.2, 0) is 4.74 Å². The molecule has 1 unspecified atom stereocenters. The Hall–Kier alpha value is -1.10. The van der Waals surface area contributed by atoms with Gasteiger partial charge in [-0.3, -0.25) is 0 Å². The average Bonchev–Trinajstić information content (AvgIpc) is 2.33. The van der Waals surface area contributed by atoms with Crippen molar-refractivity contribution in [3.05, 3.63) is 28.8 Å². The van der Waals surface area contributed by atoms with Crippen molar-refractivity contribution in [2.75, 3.05) is 33.9 Å². The average molecular weight is 264 g/mol. The Kier molecular flexibility index (Phi) is 4.13. The highest BCUT2D eigenvalue weighted by molar-refractivity contribution is 5.44. The Morgan fingerprint density at radius 1 is 1.37 bits per heavy atom. The highest BCUT2D eigenvalue weighted by Gasteiger charge is 2.44. The number of nitrogens with one attached hydrogen (secondary N) is 1. The van der Waals surface area contributed by atoms with Gasteiger partial charge in [-0.05, 0) is 37.6 Å². The van der Waals surface area contributed by atoms with Gasteiger partial charge in [-0.15, -0.1) is 0 Å². The molecule has 1 atom stereocenters. The third kappa shape index (κ3) is 2.36. The van der Waals surface area contributed by atoms with Crippen molar-refractivity contribution in [2.45, 2.75) is 19.9 Å². The van der Waals surface area contributed by atoms with E-state index in [-0.39, 0.29) is 11.5 Å². The Morgan fingerprint density at radius 2 is 1.95 bits per heavy atom. The van der Waals surface area contributed by atoms with E-state index in [0.717, 1.165) is 30.1 Å². The van der Waals surface area contributed by atoms with Crippen LogP contribution < -0.4 is 15.8 Å². The molecule has 3 N–H and O–H groups in total. The number of benzene rings is 1. The van der Waals surface area contributed by atoms with Crippen LogP contribution in [0.2, 0.25) is 0 Å². The summed E-state index contributed by atoms with van der Waals surface area (Å²) in [5.74, 6) is 0.963. The van der Waals surface area contributed by atoms with Crippen molar-refractivity contribution in [3.63, 3.8) is 0 Å². The van der Waals surface area contributed by atoms with Crippen LogP contribution >= 0.6 is 0 Å². The van der Waals surface area contributed by atoms with Crippen molar-refractivity contribution >= 4 is 0 Å². The molecule has 1 aromatic carbocycles. The molecule has 0 spiro atoms. The predicted molar refractivity (Wildman–Crippen MR) is 76.6 cm³/mol. The second-order valence-corrected chi connectivity index (χ2v) is 5.47. The molecule has 1 aliphatic heterocycles. The highest BCUT2D eigenvalue weighted by Crippen LogP contribution is 2.41. The summed E-state index contributed by atoms with van der Waals surface area (Å²) >= 11 is 0. The molecule has 0 radical (unpaired) electrons. The van der Waals surface area contributed by atoms with Crippen molar-refractivity contribution in [1.29, 1.82) is 0 Å². The fourth-order valence-electron chi connectivity index (χ4n) is 3.07. The van der Waals surface area contributed by atoms with Crippen LogP contribution in [0, 0.1) is 19.3 Å². The fraction of sp³-hybridized carbons (Fsp3) is 0.600. The molecule has 106 valence electrons. The van der Waals surface area contributed by atoms with Crippen LogP contribution in [0.3, 0.4) is 0 Å². The van der Waals surface area contributed by atoms with E-state index in [1.807, 2.05) is 7.05 Å². The molecule has 1 aliphatic rings. The minimum Gasteiger partial charge on any atom is -0.496 e. The summed E-state index contributed by atoms with van der Waals surface area (Å²) in [5.41, 5.74) is 9.56. The maximum absolute atomic E-state index is 5.97. The van der Waals surface area contributed by atoms with Crippen molar-refractivity contribution in [3.8, 4) is 5.75 Å². The van der Waals surface area contributed by atoms with Crippen molar-refractivity contribution in [2.24, 2.45) is 11.1 Å². The number of ether oxygens (including phenoxy) is 2. The van der Waals surface area contributed by atoms with Crippen LogP contribution in [0.15, 0.2) is 12.1 Å². The maximum Gasteiger partial charge on any atom is 0.124 e. The molecule has 1 heterocycles. The lowest BCUT2D eigenvalue weighted by molar-refractivity contribution is -0.126. The SMILES string of the molecule is CNC(c1cc(C)c(OC)c(C)c1)C1(CN)COC1. The predicted octanol–water partition coefficient (Wildman–Crippen LogP) is 1.55. The van der Waals surface area contributed by atoms with Crippen LogP contribution in [0.5, 0.6) is 5.75 Å². The summed E-state index contributed by atoms with van der Waals surface area (Å²) in [4.78, 5) is 0. The minimum atomic E-state index is 0.0161. The molecular weight excluding hydrogens is 240 g/mol. The first-order chi connectivity index (χ1) is 9.07. The number of methoxy groups -OCH3 is 1. The normalized spacial score (nSPS) is 18.8. The van der Waals surface area contributed by atoms with E-state index in [9.17, 15) is 0 Å². The number of hydrogen-bond donors (Lipinski definition) is 2. The Labute approximate surface area is 115 Å². The second-order valence-electron chi connectivity index (χ2n) is 5.47. The lowest BCUT2D eigenvalue weighted by Gasteiger charge is -2.46. The van der Waals surface area contributed by atoms with Crippen LogP contribution in [-0.4, -0.2) is 33.9 Å². The molecule has 0 saturated carbocycles. The highest BCUT2D eigenvalue weighted by atomic mass is 16.5. The van der Waals surface area contributed by atoms with Crippen LogP contribution in [0.1, 0.15) is 22.7 Å². The molecule has 1 saturated heterocycles. The van der Waals surface area contributed by atoms with Gasteiger partial charge in [0, 0.05) is 18.0 Å². The van der Waals surface area contributed by atoms with E-state index < -0.39 is 0 Å². The first-order valence-corrected chi connectivity index (χ1v) is 6.68. The lowest BCUT2D eigenvalue weighted by atomic mass is 9.74. The fourth-order valence-corrected chi connectivity index (χ4v) is 3.07. The monoisotopic (exact) mass is 264 g/mol. The third-order valence-electron chi connectivity index (χ3n) is 4.11. The molecule has 1 fully saturated rings. The van der Waals surface area contributed by atoms with E-state index in [0.29, 0.717) is 6.54 Å². The molecule has 0 aliphatic carbocycles. The molecule has 1 aromatic rings. The van der Waals surface area contributed by atoms with Crippen LogP contribution in [0.25, 0.3) is 0 Å². The minimum absolute atomic E-state index is 0.0161. The first kappa shape index (κ1) is 14.3. The number of hydrogen-bond acceptors (Lipinski definition) is 4. The van der Waals surface area contributed by atoms with Crippen molar-refractivity contribution in [1.82, 2.24) is 5.32 Å². The first-order valence-electron chi connectivity index (χ1n) is 6.68. The zero-order valence-corrected chi connectivity index (χ0v) is 12.2. The van der Waals surface area contributed by atoms with E-state index in [4.69, 9.17) is 15.2 Å². The van der Waals surface area contributed by atoms with Gasteiger partial charge in [0.15, 0.2) is 0 Å². The van der Waals surface area contributed by atoms with E-state index in [1.165, 1.54) is 5.56 Å². The third-order valence-corrected chi connectivity index (χ3v) is 4.11. The molecule has 4 heteroatoms. The summed E-state index contributed by atoms with van der Waals surface area (Å²) in [7, 11) is 3.70. The van der Waals surface area contributed by atoms with Gasteiger partial charge in [-0.25, -0.2) is 0 Å². The molecule has 4 nitrogen and oxygen atoms in total. The van der Waals surface area contributed by atoms with Gasteiger partial charge >= 0.3 is 0 Å². The quantitative estimate of drug-likeness (QED) is 0.847. The zero-order valence-electron chi connectivity index (χ0n) is 12.2. The van der Waals surface area contributed by atoms with E-state index in [2.05, 4.69) is 31.3 Å². The summed E-state index contributed by atoms with van der Waals surface area (Å²) < 4.78 is 10.8. The van der Waals surface area contributed by atoms with Gasteiger partial charge < -0.3 is 20.5 Å². The van der Waals surface area contributed by atoms with Crippen LogP contribution in [0.4, 0.5) is 0 Å². The molecule has 19 heavy (non-hydrogen) atoms. The second kappa shape index (κ2) is 5.49. The summed E-state index contributed by atoms with van der Waals surface area (Å²) in [5, 5.41) is 3.40. The molecule has 2 rings (SSSR count). The van der Waals surface area contributed by atoms with Gasteiger partial charge in [0.2, 0.25) is 0 Å². The smallest absolute Gasteiger partial charge is 0.124 e. The standard InChI is InChI=1S/C15H24N2O2/c1-10-5-12(6-11(2)13(10)18-4)14(17-3)15(7-16)8-19-9-15/h5-6,14,17H,7-9,16H2,1-4H3. The summed E-state index contributed by atoms with van der Waals surface area (Å²) in [6.07, 6.45) is 0. The maximum atomic E-state index is 5.97. The Morgan fingerprint density at radius 3 is 2.26 bits per heavy atom. The lowest BCUT2D eigenvalue weighted by Crippen LogP contribution is -2.55. The molecule has 0 bridgehead atoms. The number of rotatable bonds is 5. The van der Waals surface area contributed by atoms with E-state index >= 15 is 0 Å². The van der Waals surface area contributed by atoms with Gasteiger partial charge in [0.25, 0.3) is 0 Å². The number of nitrogens with two attached hydrogens (primary N) is 1. The Bertz CT molecular complexity index is 427. The van der Waals surface area contributed by atoms with Gasteiger partial charge in [0.1, 0.15) is 5.75 Å². The van der Waals surface area contributed by atoms with E-state index in [1.54, 1.807) is 7.11 Å². The largest absolute Gasteiger partial charge is 0.496 e. The summed E-state index contributed by atoms with van der Waals surface area (Å²) in [6.45, 7) is 6.23. The van der Waals surface area contributed by atoms with Gasteiger partial charge in [-0.2, -0.15) is 0 Å². The summed E-state index contributed by atoms with van der Waals surface area (Å²) in [6, 6.07) is 4.58. The topological polar surface area (TPSA) is 56.5 Å². The van der Waals surface area contributed by atoms with Crippen molar-refractivity contribution < 1.29 is 9.47 Å². The van der Waals surface area contributed by atoms with Gasteiger partial charge in [0.05, 0.1) is 20.3 Å². The molecule has 0 aromatic heterocycles. The van der Waals surface area contributed by atoms with Gasteiger partial charge in [-0.1, -0.05) is 12.1 Å². The number of aryl methyl sites for hydroxylation is 2. The molecular formula is C15H24N2O2.